The number of nitrogens with zero attached hydrogens (tertiary/aromatic N) is 3. The first-order valence-electron chi connectivity index (χ1n) is 9.71. The number of aromatic nitrogens is 2. The number of carbonyl (C=O) groups excluding carboxylic acids is 1. The molecule has 3 aromatic rings. The van der Waals surface area contributed by atoms with Gasteiger partial charge < -0.3 is 5.32 Å². The molecule has 0 radical (unpaired) electrons. The number of carbonyl (C=O) groups is 1. The van der Waals surface area contributed by atoms with Crippen LogP contribution in [-0.2, 0) is 16.4 Å². The lowest BCUT2D eigenvalue weighted by Crippen LogP contribution is -2.34. The molecule has 1 N–H and O–H groups in total. The van der Waals surface area contributed by atoms with Crippen molar-refractivity contribution in [3.63, 3.8) is 0 Å². The van der Waals surface area contributed by atoms with Crippen LogP contribution in [0.3, 0.4) is 0 Å². The molecule has 30 heavy (non-hydrogen) atoms. The molecule has 8 heteroatoms. The third kappa shape index (κ3) is 3.59. The summed E-state index contributed by atoms with van der Waals surface area (Å²) in [6.07, 6.45) is 1.78. The third-order valence-electron chi connectivity index (χ3n) is 5.24. The van der Waals surface area contributed by atoms with Crippen molar-refractivity contribution in [2.45, 2.75) is 33.2 Å². The predicted octanol–water partition coefficient (Wildman–Crippen LogP) is 3.45. The number of benzene rings is 2. The normalized spacial score (nSPS) is 15.9. The van der Waals surface area contributed by atoms with Crippen molar-refractivity contribution < 1.29 is 13.2 Å². The summed E-state index contributed by atoms with van der Waals surface area (Å²) in [6, 6.07) is 14.5. The maximum atomic E-state index is 13.0. The topological polar surface area (TPSA) is 84.3 Å². The van der Waals surface area contributed by atoms with Crippen molar-refractivity contribution in [1.82, 2.24) is 9.78 Å². The minimum atomic E-state index is -3.36. The molecule has 0 aliphatic carbocycles. The van der Waals surface area contributed by atoms with Crippen molar-refractivity contribution in [2.24, 2.45) is 0 Å². The van der Waals surface area contributed by atoms with E-state index in [4.69, 9.17) is 0 Å². The molecule has 2 aromatic carbocycles. The van der Waals surface area contributed by atoms with E-state index in [1.165, 1.54) is 10.6 Å². The fraction of sp³-hybridized carbons (Fsp3) is 0.273. The Morgan fingerprint density at radius 3 is 2.50 bits per heavy atom. The van der Waals surface area contributed by atoms with Gasteiger partial charge in [-0.05, 0) is 69.2 Å². The van der Waals surface area contributed by atoms with Crippen LogP contribution in [0, 0.1) is 13.8 Å². The highest BCUT2D eigenvalue weighted by Crippen LogP contribution is 2.35. The number of amides is 1. The number of hydrogen-bond acceptors (Lipinski definition) is 4. The molecule has 2 heterocycles. The number of nitrogens with one attached hydrogen (secondary N) is 1. The quantitative estimate of drug-likeness (QED) is 0.695. The zero-order valence-corrected chi connectivity index (χ0v) is 18.2. The summed E-state index contributed by atoms with van der Waals surface area (Å²) < 4.78 is 27.4. The number of aryl methyl sites for hydroxylation is 2. The van der Waals surface area contributed by atoms with E-state index in [0.29, 0.717) is 23.4 Å². The van der Waals surface area contributed by atoms with E-state index in [0.717, 1.165) is 22.6 Å². The molecule has 1 amide bonds. The minimum absolute atomic E-state index is 0.167. The van der Waals surface area contributed by atoms with Gasteiger partial charge in [0.25, 0.3) is 5.91 Å². The Morgan fingerprint density at radius 1 is 1.10 bits per heavy atom. The van der Waals surface area contributed by atoms with Crippen molar-refractivity contribution in [2.75, 3.05) is 15.9 Å². The highest BCUT2D eigenvalue weighted by Gasteiger charge is 2.32. The lowest BCUT2D eigenvalue weighted by atomic mass is 10.1. The molecule has 0 saturated heterocycles. The molecular formula is C22H24N4O3S. The molecule has 0 fully saturated rings. The van der Waals surface area contributed by atoms with E-state index in [-0.39, 0.29) is 11.9 Å². The van der Waals surface area contributed by atoms with Gasteiger partial charge in [0.2, 0.25) is 10.0 Å². The molecule has 1 unspecified atom stereocenters. The maximum absolute atomic E-state index is 13.0. The van der Waals surface area contributed by atoms with Gasteiger partial charge in [-0.1, -0.05) is 12.1 Å². The Hall–Kier alpha value is -3.13. The summed E-state index contributed by atoms with van der Waals surface area (Å²) in [7, 11) is -3.36. The molecule has 1 aromatic heterocycles. The number of rotatable bonds is 4. The summed E-state index contributed by atoms with van der Waals surface area (Å²) in [5, 5.41) is 7.49. The van der Waals surface area contributed by atoms with Gasteiger partial charge in [-0.25, -0.2) is 13.1 Å². The van der Waals surface area contributed by atoms with E-state index in [1.807, 2.05) is 51.1 Å². The highest BCUT2D eigenvalue weighted by atomic mass is 32.2. The van der Waals surface area contributed by atoms with Crippen LogP contribution in [0.4, 0.5) is 11.4 Å². The first-order valence-corrected chi connectivity index (χ1v) is 11.6. The van der Waals surface area contributed by atoms with E-state index in [9.17, 15) is 13.2 Å². The second-order valence-electron chi connectivity index (χ2n) is 7.77. The molecular weight excluding hydrogens is 400 g/mol. The summed E-state index contributed by atoms with van der Waals surface area (Å²) >= 11 is 0. The zero-order chi connectivity index (χ0) is 21.6. The minimum Gasteiger partial charge on any atom is -0.320 e. The Kier molecular flexibility index (Phi) is 4.89. The summed E-state index contributed by atoms with van der Waals surface area (Å²) in [5.74, 6) is -0.253. The second kappa shape index (κ2) is 7.28. The van der Waals surface area contributed by atoms with Gasteiger partial charge in [-0.15, -0.1) is 0 Å². The molecule has 7 nitrogen and oxygen atoms in total. The van der Waals surface area contributed by atoms with Crippen LogP contribution < -0.4 is 9.62 Å². The summed E-state index contributed by atoms with van der Waals surface area (Å²) in [6.45, 7) is 5.76. The van der Waals surface area contributed by atoms with Gasteiger partial charge >= 0.3 is 0 Å². The summed E-state index contributed by atoms with van der Waals surface area (Å²) in [4.78, 5) is 13.0. The molecule has 1 atom stereocenters. The molecule has 1 aliphatic heterocycles. The number of para-hydroxylation sites is 2. The van der Waals surface area contributed by atoms with Gasteiger partial charge in [-0.2, -0.15) is 5.10 Å². The number of hydrogen-bond donors (Lipinski definition) is 1. The zero-order valence-electron chi connectivity index (χ0n) is 17.4. The van der Waals surface area contributed by atoms with Crippen molar-refractivity contribution in [3.8, 4) is 5.69 Å². The van der Waals surface area contributed by atoms with Gasteiger partial charge in [0.15, 0.2) is 0 Å². The molecule has 1 aliphatic rings. The van der Waals surface area contributed by atoms with Crippen molar-refractivity contribution >= 4 is 27.3 Å². The van der Waals surface area contributed by atoms with Crippen LogP contribution in [0.5, 0.6) is 0 Å². The van der Waals surface area contributed by atoms with Crippen LogP contribution in [0.2, 0.25) is 0 Å². The number of fused-ring (bicyclic) bond motifs is 1. The van der Waals surface area contributed by atoms with Gasteiger partial charge in [-0.3, -0.25) is 9.10 Å². The average molecular weight is 425 g/mol. The maximum Gasteiger partial charge on any atom is 0.255 e. The molecule has 0 bridgehead atoms. The lowest BCUT2D eigenvalue weighted by Gasteiger charge is -2.22. The molecule has 4 rings (SSSR count). The molecule has 156 valence electrons. The molecule has 0 spiro atoms. The first-order chi connectivity index (χ1) is 14.1. The fourth-order valence-corrected chi connectivity index (χ4v) is 5.34. The highest BCUT2D eigenvalue weighted by molar-refractivity contribution is 7.92. The van der Waals surface area contributed by atoms with Crippen LogP contribution in [0.15, 0.2) is 48.5 Å². The van der Waals surface area contributed by atoms with Crippen LogP contribution in [0.1, 0.15) is 34.2 Å². The van der Waals surface area contributed by atoms with Crippen LogP contribution >= 0.6 is 0 Å². The summed E-state index contributed by atoms with van der Waals surface area (Å²) in [5.41, 5.74) is 5.30. The van der Waals surface area contributed by atoms with Crippen LogP contribution in [0.25, 0.3) is 5.69 Å². The van der Waals surface area contributed by atoms with E-state index in [2.05, 4.69) is 10.4 Å². The standard InChI is InChI=1S/C22H24N4O3S/c1-14-11-15(2)25(24-14)21-8-6-5-7-19(21)23-22(27)17-9-10-20-18(13-17)12-16(3)26(20)30(4,28)29/h5-11,13,16H,12H2,1-4H3,(H,23,27). The van der Waals surface area contributed by atoms with Gasteiger partial charge in [0.1, 0.15) is 0 Å². The van der Waals surface area contributed by atoms with E-state index < -0.39 is 10.0 Å². The molecule has 0 saturated carbocycles. The lowest BCUT2D eigenvalue weighted by molar-refractivity contribution is 0.102. The van der Waals surface area contributed by atoms with E-state index >= 15 is 0 Å². The van der Waals surface area contributed by atoms with Gasteiger partial charge in [0.05, 0.1) is 29.0 Å². The predicted molar refractivity (Wildman–Crippen MR) is 118 cm³/mol. The fourth-order valence-electron chi connectivity index (χ4n) is 4.08. The monoisotopic (exact) mass is 424 g/mol. The van der Waals surface area contributed by atoms with Crippen LogP contribution in [-0.4, -0.2) is 36.4 Å². The number of anilines is 2. The Bertz CT molecular complexity index is 1250. The third-order valence-corrected chi connectivity index (χ3v) is 6.51. The Morgan fingerprint density at radius 2 is 1.83 bits per heavy atom. The van der Waals surface area contributed by atoms with Crippen molar-refractivity contribution in [3.05, 3.63) is 71.0 Å². The van der Waals surface area contributed by atoms with E-state index in [1.54, 1.807) is 22.9 Å². The Labute approximate surface area is 176 Å². The largest absolute Gasteiger partial charge is 0.320 e. The average Bonchev–Trinajstić information content (AvgIpc) is 3.18. The van der Waals surface area contributed by atoms with Gasteiger partial charge in [0, 0.05) is 17.3 Å². The van der Waals surface area contributed by atoms with Crippen molar-refractivity contribution in [1.29, 1.82) is 0 Å². The first kappa shape index (κ1) is 20.2. The second-order valence-corrected chi connectivity index (χ2v) is 9.63. The Balaban J connectivity index is 1.64. The smallest absolute Gasteiger partial charge is 0.255 e. The SMILES string of the molecule is Cc1cc(C)n(-c2ccccc2NC(=O)c2ccc3c(c2)CC(C)N3S(C)(=O)=O)n1. The number of sulfonamides is 1.